The first-order chi connectivity index (χ1) is 9.26. The molecule has 1 aromatic rings. The summed E-state index contributed by atoms with van der Waals surface area (Å²) in [5, 5.41) is 0. The van der Waals surface area contributed by atoms with E-state index >= 15 is 0 Å². The second-order valence-electron chi connectivity index (χ2n) is 5.03. The Labute approximate surface area is 113 Å². The van der Waals surface area contributed by atoms with Crippen molar-refractivity contribution in [2.24, 2.45) is 5.73 Å². The second-order valence-corrected chi connectivity index (χ2v) is 5.03. The van der Waals surface area contributed by atoms with E-state index in [2.05, 4.69) is 12.1 Å². The van der Waals surface area contributed by atoms with E-state index in [1.54, 1.807) is 7.11 Å². The highest BCUT2D eigenvalue weighted by atomic mass is 19.1. The van der Waals surface area contributed by atoms with Gasteiger partial charge in [-0.15, -0.1) is 0 Å². The largest absolute Gasteiger partial charge is 0.381 e. The Kier molecular flexibility index (Phi) is 5.31. The molecule has 1 aliphatic rings. The molecule has 1 saturated heterocycles. The van der Waals surface area contributed by atoms with Crippen LogP contribution in [0.3, 0.4) is 0 Å². The lowest BCUT2D eigenvalue weighted by atomic mass is 9.90. The molecule has 0 saturated carbocycles. The van der Waals surface area contributed by atoms with E-state index in [-0.39, 0.29) is 6.10 Å². The fraction of sp³-hybridized carbons (Fsp3) is 0.600. The van der Waals surface area contributed by atoms with Gasteiger partial charge in [0.05, 0.1) is 12.1 Å². The normalized spacial score (nSPS) is 20.2. The number of halogens is 1. The van der Waals surface area contributed by atoms with Gasteiger partial charge in [0.2, 0.25) is 0 Å². The lowest BCUT2D eigenvalue weighted by Gasteiger charge is -2.24. The molecule has 2 rings (SSSR count). The van der Waals surface area contributed by atoms with E-state index in [9.17, 15) is 4.39 Å². The molecule has 0 unspecified atom stereocenters. The lowest BCUT2D eigenvalue weighted by molar-refractivity contribution is 0.0719. The van der Waals surface area contributed by atoms with Gasteiger partial charge >= 0.3 is 0 Å². The van der Waals surface area contributed by atoms with Gasteiger partial charge in [0, 0.05) is 20.3 Å². The predicted molar refractivity (Wildman–Crippen MR) is 72.9 cm³/mol. The van der Waals surface area contributed by atoms with Crippen molar-refractivity contribution < 1.29 is 13.9 Å². The molecule has 2 atom stereocenters. The molecule has 3 nitrogen and oxygen atoms in total. The number of benzene rings is 1. The van der Waals surface area contributed by atoms with Gasteiger partial charge in [-0.2, -0.15) is 0 Å². The van der Waals surface area contributed by atoms with Crippen LogP contribution in [-0.2, 0) is 9.47 Å². The SMILES string of the molecule is CO[C@H](c1ccc(C2CCOCC2)cc1)[C@H](N)CF. The van der Waals surface area contributed by atoms with Crippen molar-refractivity contribution in [2.45, 2.75) is 30.9 Å². The predicted octanol–water partition coefficient (Wildman–Crippen LogP) is 2.56. The van der Waals surface area contributed by atoms with Crippen LogP contribution in [0.15, 0.2) is 24.3 Å². The summed E-state index contributed by atoms with van der Waals surface area (Å²) < 4.78 is 23.3. The zero-order valence-corrected chi connectivity index (χ0v) is 11.3. The number of alkyl halides is 1. The summed E-state index contributed by atoms with van der Waals surface area (Å²) >= 11 is 0. The summed E-state index contributed by atoms with van der Waals surface area (Å²) in [5.74, 6) is 0.568. The van der Waals surface area contributed by atoms with Gasteiger partial charge in [0.1, 0.15) is 6.67 Å². The molecule has 4 heteroatoms. The topological polar surface area (TPSA) is 44.5 Å². The summed E-state index contributed by atoms with van der Waals surface area (Å²) in [5.41, 5.74) is 7.97. The average Bonchev–Trinajstić information content (AvgIpc) is 2.49. The fourth-order valence-electron chi connectivity index (χ4n) is 2.63. The Bertz CT molecular complexity index is 376. The van der Waals surface area contributed by atoms with E-state index in [1.165, 1.54) is 5.56 Å². The van der Waals surface area contributed by atoms with Gasteiger partial charge in [-0.3, -0.25) is 0 Å². The second kappa shape index (κ2) is 6.98. The van der Waals surface area contributed by atoms with Gasteiger partial charge in [-0.25, -0.2) is 4.39 Å². The fourth-order valence-corrected chi connectivity index (χ4v) is 2.63. The molecular formula is C15H22FNO2. The summed E-state index contributed by atoms with van der Waals surface area (Å²) in [6, 6.07) is 7.58. The molecule has 1 fully saturated rings. The first-order valence-corrected chi connectivity index (χ1v) is 6.78. The van der Waals surface area contributed by atoms with E-state index in [1.807, 2.05) is 12.1 Å². The molecule has 0 aliphatic carbocycles. The first kappa shape index (κ1) is 14.4. The van der Waals surface area contributed by atoms with Crippen LogP contribution in [0.5, 0.6) is 0 Å². The minimum Gasteiger partial charge on any atom is -0.381 e. The van der Waals surface area contributed by atoms with Crippen molar-refractivity contribution in [1.29, 1.82) is 0 Å². The molecule has 0 bridgehead atoms. The minimum atomic E-state index is -0.612. The molecule has 19 heavy (non-hydrogen) atoms. The lowest BCUT2D eigenvalue weighted by Crippen LogP contribution is -2.31. The van der Waals surface area contributed by atoms with Crippen LogP contribution >= 0.6 is 0 Å². The van der Waals surface area contributed by atoms with Gasteiger partial charge in [0.25, 0.3) is 0 Å². The van der Waals surface area contributed by atoms with Crippen LogP contribution in [0.4, 0.5) is 4.39 Å². The smallest absolute Gasteiger partial charge is 0.107 e. The van der Waals surface area contributed by atoms with Gasteiger partial charge < -0.3 is 15.2 Å². The van der Waals surface area contributed by atoms with E-state index in [0.29, 0.717) is 5.92 Å². The number of ether oxygens (including phenoxy) is 2. The summed E-state index contributed by atoms with van der Waals surface area (Å²) in [6.07, 6.45) is 1.75. The molecule has 0 aromatic heterocycles. The molecule has 0 amide bonds. The first-order valence-electron chi connectivity index (χ1n) is 6.78. The zero-order chi connectivity index (χ0) is 13.7. The molecule has 106 valence electrons. The number of nitrogens with two attached hydrogens (primary N) is 1. The Hall–Kier alpha value is -0.970. The third-order valence-corrected chi connectivity index (χ3v) is 3.78. The number of methoxy groups -OCH3 is 1. The van der Waals surface area contributed by atoms with Crippen LogP contribution in [0, 0.1) is 0 Å². The average molecular weight is 267 g/mol. The number of rotatable bonds is 5. The van der Waals surface area contributed by atoms with Crippen molar-refractivity contribution in [1.82, 2.24) is 0 Å². The molecule has 1 aliphatic heterocycles. The van der Waals surface area contributed by atoms with Crippen molar-refractivity contribution in [3.8, 4) is 0 Å². The maximum atomic E-state index is 12.7. The highest BCUT2D eigenvalue weighted by Gasteiger charge is 2.20. The molecular weight excluding hydrogens is 245 g/mol. The Morgan fingerprint density at radius 2 is 1.95 bits per heavy atom. The maximum absolute atomic E-state index is 12.7. The van der Waals surface area contributed by atoms with Gasteiger partial charge in [0.15, 0.2) is 0 Å². The minimum absolute atomic E-state index is 0.381. The molecule has 1 aromatic carbocycles. The summed E-state index contributed by atoms with van der Waals surface area (Å²) in [4.78, 5) is 0. The summed E-state index contributed by atoms with van der Waals surface area (Å²) in [6.45, 7) is 1.08. The highest BCUT2D eigenvalue weighted by Crippen LogP contribution is 2.28. The van der Waals surface area contributed by atoms with E-state index in [4.69, 9.17) is 15.2 Å². The standard InChI is InChI=1S/C15H22FNO2/c1-18-15(14(17)10-16)13-4-2-11(3-5-13)12-6-8-19-9-7-12/h2-5,12,14-15H,6-10,17H2,1H3/t14-,15-/m1/s1. The number of hydrogen-bond donors (Lipinski definition) is 1. The monoisotopic (exact) mass is 267 g/mol. The third kappa shape index (κ3) is 3.53. The quantitative estimate of drug-likeness (QED) is 0.891. The van der Waals surface area contributed by atoms with Crippen molar-refractivity contribution in [3.05, 3.63) is 35.4 Å². The van der Waals surface area contributed by atoms with Gasteiger partial charge in [-0.1, -0.05) is 24.3 Å². The molecule has 0 radical (unpaired) electrons. The Morgan fingerprint density at radius 3 is 2.47 bits per heavy atom. The van der Waals surface area contributed by atoms with Crippen LogP contribution in [0.2, 0.25) is 0 Å². The maximum Gasteiger partial charge on any atom is 0.107 e. The Balaban J connectivity index is 2.08. The van der Waals surface area contributed by atoms with Crippen molar-refractivity contribution >= 4 is 0 Å². The van der Waals surface area contributed by atoms with E-state index < -0.39 is 12.7 Å². The van der Waals surface area contributed by atoms with Crippen LogP contribution in [0.1, 0.15) is 36.0 Å². The molecule has 0 spiro atoms. The van der Waals surface area contributed by atoms with Gasteiger partial charge in [-0.05, 0) is 29.9 Å². The zero-order valence-electron chi connectivity index (χ0n) is 11.3. The van der Waals surface area contributed by atoms with Crippen LogP contribution in [0.25, 0.3) is 0 Å². The summed E-state index contributed by atoms with van der Waals surface area (Å²) in [7, 11) is 1.56. The highest BCUT2D eigenvalue weighted by molar-refractivity contribution is 5.28. The van der Waals surface area contributed by atoms with Crippen LogP contribution in [-0.4, -0.2) is 33.0 Å². The Morgan fingerprint density at radius 1 is 1.32 bits per heavy atom. The van der Waals surface area contributed by atoms with Crippen LogP contribution < -0.4 is 5.73 Å². The van der Waals surface area contributed by atoms with E-state index in [0.717, 1.165) is 31.6 Å². The molecule has 1 heterocycles. The number of hydrogen-bond acceptors (Lipinski definition) is 3. The molecule has 2 N–H and O–H groups in total. The van der Waals surface area contributed by atoms with Crippen molar-refractivity contribution in [3.63, 3.8) is 0 Å². The van der Waals surface area contributed by atoms with Crippen molar-refractivity contribution in [2.75, 3.05) is 27.0 Å². The third-order valence-electron chi connectivity index (χ3n) is 3.78.